The summed E-state index contributed by atoms with van der Waals surface area (Å²) in [6.07, 6.45) is 1.12. The number of carbonyl (C=O) groups excluding carboxylic acids is 1. The van der Waals surface area contributed by atoms with E-state index in [9.17, 15) is 14.4 Å². The van der Waals surface area contributed by atoms with Crippen LogP contribution in [-0.4, -0.2) is 57.4 Å². The third-order valence-corrected chi connectivity index (χ3v) is 7.79. The molecule has 0 aromatic heterocycles. The zero-order valence-electron chi connectivity index (χ0n) is 24.2. The summed E-state index contributed by atoms with van der Waals surface area (Å²) in [7, 11) is 1.65. The number of carboxylic acids is 2. The van der Waals surface area contributed by atoms with Crippen molar-refractivity contribution in [1.82, 2.24) is 0 Å². The standard InChI is InChI=1S/C10H12O2S.C10H10OS.C7H8OS.C3H5BrO2.Na.H2O/c1-8-2-4-9(5-3-8)13-7-6-10(11)12;1-7-2-3-10-8(6-7)9(11)4-5-12-10;1-8-6-2-4-7(9)5-3-6;4-2-1-3(5)6;;/h2-5H,6-7H2,1H3,(H,11,12);2-3,6H,4-5H2,1H3;2-5,9H,1H3;1-2H2,(H,5,6);;1H2/q;;;;+1;/p-1. The number of aliphatic carboxylic acids is 2. The Hall–Kier alpha value is -1.44. The molecule has 0 unspecified atom stereocenters. The van der Waals surface area contributed by atoms with E-state index in [0.29, 0.717) is 23.3 Å². The summed E-state index contributed by atoms with van der Waals surface area (Å²) in [5.74, 6) is 1.25. The first-order valence-electron chi connectivity index (χ1n) is 12.3. The number of alkyl halides is 1. The Morgan fingerprint density at radius 2 is 1.52 bits per heavy atom. The van der Waals surface area contributed by atoms with E-state index in [0.717, 1.165) is 31.8 Å². The molecule has 1 heterocycles. The summed E-state index contributed by atoms with van der Waals surface area (Å²) in [5.41, 5.74) is 3.32. The Kier molecular flexibility index (Phi) is 25.4. The normalized spacial score (nSPS) is 10.7. The Labute approximate surface area is 292 Å². The average molecular weight is 708 g/mol. The topological polar surface area (TPSA) is 131 Å². The zero-order chi connectivity index (χ0) is 29.9. The average Bonchev–Trinajstić information content (AvgIpc) is 2.92. The van der Waals surface area contributed by atoms with E-state index < -0.39 is 11.9 Å². The molecule has 1 aliphatic rings. The van der Waals surface area contributed by atoms with E-state index in [4.69, 9.17) is 14.9 Å². The van der Waals surface area contributed by atoms with Gasteiger partial charge in [-0.15, -0.1) is 36.2 Å². The van der Waals surface area contributed by atoms with Crippen molar-refractivity contribution in [2.75, 3.05) is 23.9 Å². The Balaban J connectivity index is 0. The van der Waals surface area contributed by atoms with Gasteiger partial charge in [0.25, 0.3) is 0 Å². The third kappa shape index (κ3) is 19.7. The summed E-state index contributed by atoms with van der Waals surface area (Å²) < 4.78 is 4.94. The minimum Gasteiger partial charge on any atom is -0.870 e. The SMILES string of the molecule is COc1ccc(S)cc1.Cc1ccc(SCCC(=O)O)cc1.Cc1ccc2c(c1)C(=O)CCS2.O=C(O)CCBr.[Na+].[OH-]. The maximum absolute atomic E-state index is 11.4. The first-order valence-corrected chi connectivity index (χ1v) is 15.9. The number of fused-ring (bicyclic) bond motifs is 1. The largest absolute Gasteiger partial charge is 1.00 e. The molecule has 12 heteroatoms. The van der Waals surface area contributed by atoms with Crippen molar-refractivity contribution < 1.29 is 64.4 Å². The van der Waals surface area contributed by atoms with E-state index in [-0.39, 0.29) is 47.9 Å². The molecule has 0 spiro atoms. The molecule has 42 heavy (non-hydrogen) atoms. The van der Waals surface area contributed by atoms with Crippen molar-refractivity contribution in [2.45, 2.75) is 47.8 Å². The number of rotatable bonds is 7. The summed E-state index contributed by atoms with van der Waals surface area (Å²) in [5, 5.41) is 16.8. The van der Waals surface area contributed by atoms with Crippen molar-refractivity contribution >= 4 is 69.8 Å². The summed E-state index contributed by atoms with van der Waals surface area (Å²) in [6.45, 7) is 4.05. The second-order valence-corrected chi connectivity index (χ2v) is 12.0. The maximum Gasteiger partial charge on any atom is 1.00 e. The van der Waals surface area contributed by atoms with Crippen LogP contribution in [0.3, 0.4) is 0 Å². The molecular formula is C30H36BrNaO7S3. The van der Waals surface area contributed by atoms with Crippen LogP contribution in [0.15, 0.2) is 81.4 Å². The number of benzene rings is 3. The molecule has 0 bridgehead atoms. The van der Waals surface area contributed by atoms with E-state index >= 15 is 0 Å². The van der Waals surface area contributed by atoms with E-state index in [1.807, 2.05) is 74.5 Å². The fourth-order valence-electron chi connectivity index (χ4n) is 2.93. The minimum absolute atomic E-state index is 0. The maximum atomic E-state index is 11.4. The molecule has 3 aromatic rings. The fourth-order valence-corrected chi connectivity index (χ4v) is 5.26. The van der Waals surface area contributed by atoms with Crippen LogP contribution in [0.1, 0.15) is 40.7 Å². The van der Waals surface area contributed by atoms with Crippen LogP contribution in [0.5, 0.6) is 5.75 Å². The molecule has 3 N–H and O–H groups in total. The van der Waals surface area contributed by atoms with E-state index in [1.54, 1.807) is 30.6 Å². The predicted molar refractivity (Wildman–Crippen MR) is 173 cm³/mol. The van der Waals surface area contributed by atoms with Crippen LogP contribution >= 0.6 is 52.1 Å². The molecule has 4 rings (SSSR count). The third-order valence-electron chi connectivity index (χ3n) is 5.01. The number of hydrogen-bond acceptors (Lipinski definition) is 8. The van der Waals surface area contributed by atoms with Crippen molar-refractivity contribution in [3.8, 4) is 5.75 Å². The molecule has 0 aliphatic carbocycles. The van der Waals surface area contributed by atoms with Crippen molar-refractivity contribution in [2.24, 2.45) is 0 Å². The monoisotopic (exact) mass is 706 g/mol. The van der Waals surface area contributed by atoms with E-state index in [2.05, 4.69) is 34.6 Å². The second kappa shape index (κ2) is 24.9. The predicted octanol–water partition coefficient (Wildman–Crippen LogP) is 4.90. The van der Waals surface area contributed by atoms with Crippen LogP contribution in [0.25, 0.3) is 0 Å². The van der Waals surface area contributed by atoms with Gasteiger partial charge in [0.15, 0.2) is 5.78 Å². The number of ether oxygens (including phenoxy) is 1. The van der Waals surface area contributed by atoms with Gasteiger partial charge in [-0.3, -0.25) is 14.4 Å². The molecule has 0 fully saturated rings. The number of methoxy groups -OCH3 is 1. The van der Waals surface area contributed by atoms with Crippen LogP contribution in [0, 0.1) is 13.8 Å². The summed E-state index contributed by atoms with van der Waals surface area (Å²) in [6, 6.07) is 21.7. The summed E-state index contributed by atoms with van der Waals surface area (Å²) >= 11 is 10.4. The van der Waals surface area contributed by atoms with Gasteiger partial charge in [-0.25, -0.2) is 0 Å². The first kappa shape index (κ1) is 42.7. The number of thioether (sulfide) groups is 2. The molecule has 0 amide bonds. The number of thiol groups is 1. The Morgan fingerprint density at radius 3 is 2.02 bits per heavy atom. The number of carboxylic acid groups (broad SMARTS) is 2. The van der Waals surface area contributed by atoms with Crippen LogP contribution < -0.4 is 34.3 Å². The van der Waals surface area contributed by atoms with Gasteiger partial charge >= 0.3 is 41.5 Å². The van der Waals surface area contributed by atoms with Gasteiger partial charge in [0.05, 0.1) is 20.0 Å². The van der Waals surface area contributed by atoms with Gasteiger partial charge in [0.1, 0.15) is 5.75 Å². The van der Waals surface area contributed by atoms with Gasteiger partial charge in [-0.1, -0.05) is 45.3 Å². The molecular weight excluding hydrogens is 671 g/mol. The van der Waals surface area contributed by atoms with Gasteiger partial charge in [0.2, 0.25) is 0 Å². The Bertz CT molecular complexity index is 1210. The minimum atomic E-state index is -0.758. The quantitative estimate of drug-likeness (QED) is 0.136. The van der Waals surface area contributed by atoms with E-state index in [1.165, 1.54) is 11.1 Å². The molecule has 1 aliphatic heterocycles. The molecule has 0 saturated carbocycles. The molecule has 7 nitrogen and oxygen atoms in total. The smallest absolute Gasteiger partial charge is 0.870 e. The summed E-state index contributed by atoms with van der Waals surface area (Å²) in [4.78, 5) is 34.5. The van der Waals surface area contributed by atoms with Crippen molar-refractivity contribution in [3.05, 3.63) is 83.4 Å². The Morgan fingerprint density at radius 1 is 0.952 bits per heavy atom. The zero-order valence-corrected chi connectivity index (χ0v) is 30.3. The number of hydrogen-bond donors (Lipinski definition) is 3. The molecule has 0 atom stereocenters. The van der Waals surface area contributed by atoms with Crippen molar-refractivity contribution in [1.29, 1.82) is 0 Å². The molecule has 0 saturated heterocycles. The fraction of sp³-hybridized carbons (Fsp3) is 0.300. The van der Waals surface area contributed by atoms with Crippen LogP contribution in [0.4, 0.5) is 0 Å². The number of aryl methyl sites for hydroxylation is 2. The van der Waals surface area contributed by atoms with Gasteiger partial charge in [-0.05, 0) is 62.4 Å². The first-order chi connectivity index (χ1) is 19.0. The number of halogens is 1. The number of carbonyl (C=O) groups is 3. The molecule has 3 aromatic carbocycles. The van der Waals surface area contributed by atoms with Crippen LogP contribution in [0.2, 0.25) is 0 Å². The molecule has 0 radical (unpaired) electrons. The van der Waals surface area contributed by atoms with Crippen molar-refractivity contribution in [3.63, 3.8) is 0 Å². The van der Waals surface area contributed by atoms with Gasteiger partial charge < -0.3 is 20.4 Å². The molecule has 224 valence electrons. The van der Waals surface area contributed by atoms with Crippen LogP contribution in [-0.2, 0) is 9.59 Å². The number of Topliss-reactive ketones (excluding diaryl/α,β-unsaturated/α-hetero) is 1. The van der Waals surface area contributed by atoms with Gasteiger partial charge in [0, 0.05) is 43.5 Å². The number of ketones is 1. The second-order valence-electron chi connectivity index (χ2n) is 8.36. The van der Waals surface area contributed by atoms with Gasteiger partial charge in [-0.2, -0.15) is 0 Å².